The molecule has 106 valence electrons. The zero-order chi connectivity index (χ0) is 14.4. The number of benzene rings is 1. The topological polar surface area (TPSA) is 41.6 Å². The lowest BCUT2D eigenvalue weighted by molar-refractivity contribution is -0.130. The van der Waals surface area contributed by atoms with Crippen LogP contribution in [0, 0.1) is 0 Å². The zero-order valence-corrected chi connectivity index (χ0v) is 12.4. The Morgan fingerprint density at radius 2 is 2.05 bits per heavy atom. The number of rotatable bonds is 6. The summed E-state index contributed by atoms with van der Waals surface area (Å²) in [7, 11) is 3.48. The normalized spacial score (nSPS) is 12.3. The van der Waals surface area contributed by atoms with Crippen LogP contribution in [0.4, 0.5) is 0 Å². The first-order chi connectivity index (χ1) is 8.95. The summed E-state index contributed by atoms with van der Waals surface area (Å²) >= 11 is 0. The van der Waals surface area contributed by atoms with Crippen LogP contribution in [0.5, 0.6) is 5.75 Å². The lowest BCUT2D eigenvalue weighted by Crippen LogP contribution is -2.40. The number of carbonyl (C=O) groups is 1. The average Bonchev–Trinajstić information content (AvgIpc) is 2.43. The Balaban J connectivity index is 2.55. The summed E-state index contributed by atoms with van der Waals surface area (Å²) in [5, 5.41) is 3.24. The number of amides is 1. The summed E-state index contributed by atoms with van der Waals surface area (Å²) in [6.45, 7) is 6.39. The van der Waals surface area contributed by atoms with Crippen molar-refractivity contribution in [1.82, 2.24) is 10.2 Å². The first-order valence-corrected chi connectivity index (χ1v) is 6.58. The highest BCUT2D eigenvalue weighted by Gasteiger charge is 2.13. The van der Waals surface area contributed by atoms with Crippen molar-refractivity contribution >= 4 is 5.91 Å². The van der Waals surface area contributed by atoms with Crippen LogP contribution >= 0.6 is 0 Å². The van der Waals surface area contributed by atoms with Crippen molar-refractivity contribution in [2.75, 3.05) is 20.7 Å². The maximum Gasteiger partial charge on any atom is 0.236 e. The van der Waals surface area contributed by atoms with Crippen LogP contribution < -0.4 is 10.1 Å². The van der Waals surface area contributed by atoms with Crippen LogP contribution in [-0.2, 0) is 4.79 Å². The largest absolute Gasteiger partial charge is 0.497 e. The Morgan fingerprint density at radius 1 is 1.37 bits per heavy atom. The molecule has 0 spiro atoms. The molecule has 1 atom stereocenters. The number of hydrogen-bond donors (Lipinski definition) is 1. The van der Waals surface area contributed by atoms with Crippen molar-refractivity contribution in [2.24, 2.45) is 0 Å². The molecule has 4 heteroatoms. The molecule has 1 amide bonds. The van der Waals surface area contributed by atoms with E-state index in [0.717, 1.165) is 11.3 Å². The number of nitrogens with zero attached hydrogens (tertiary/aromatic N) is 1. The Labute approximate surface area is 115 Å². The smallest absolute Gasteiger partial charge is 0.236 e. The van der Waals surface area contributed by atoms with Gasteiger partial charge in [-0.15, -0.1) is 0 Å². The van der Waals surface area contributed by atoms with Gasteiger partial charge in [0.2, 0.25) is 5.91 Å². The number of ether oxygens (including phenoxy) is 1. The molecule has 1 rings (SSSR count). The quantitative estimate of drug-likeness (QED) is 0.856. The van der Waals surface area contributed by atoms with Gasteiger partial charge in [0.25, 0.3) is 0 Å². The minimum atomic E-state index is 0.102. The average molecular weight is 264 g/mol. The predicted octanol–water partition coefficient (Wildman–Crippen LogP) is 2.21. The zero-order valence-electron chi connectivity index (χ0n) is 12.4. The van der Waals surface area contributed by atoms with Crippen LogP contribution in [0.15, 0.2) is 24.3 Å². The highest BCUT2D eigenvalue weighted by Crippen LogP contribution is 2.18. The molecule has 0 aromatic heterocycles. The van der Waals surface area contributed by atoms with E-state index in [4.69, 9.17) is 4.74 Å². The van der Waals surface area contributed by atoms with Gasteiger partial charge in [-0.1, -0.05) is 12.1 Å². The van der Waals surface area contributed by atoms with Gasteiger partial charge in [-0.25, -0.2) is 0 Å². The third kappa shape index (κ3) is 4.56. The second-order valence-electron chi connectivity index (χ2n) is 4.98. The predicted molar refractivity (Wildman–Crippen MR) is 77.3 cm³/mol. The van der Waals surface area contributed by atoms with Crippen LogP contribution in [0.3, 0.4) is 0 Å². The fraction of sp³-hybridized carbons (Fsp3) is 0.533. The Bertz CT molecular complexity index is 418. The monoisotopic (exact) mass is 264 g/mol. The second-order valence-corrected chi connectivity index (χ2v) is 4.98. The summed E-state index contributed by atoms with van der Waals surface area (Å²) in [4.78, 5) is 13.6. The highest BCUT2D eigenvalue weighted by atomic mass is 16.5. The molecule has 0 fully saturated rings. The Kier molecular flexibility index (Phi) is 5.83. The van der Waals surface area contributed by atoms with Gasteiger partial charge in [0.05, 0.1) is 13.7 Å². The second kappa shape index (κ2) is 7.14. The molecular formula is C15H24N2O2. The lowest BCUT2D eigenvalue weighted by Gasteiger charge is -2.23. The van der Waals surface area contributed by atoms with E-state index in [1.54, 1.807) is 12.0 Å². The first kappa shape index (κ1) is 15.5. The molecule has 0 radical (unpaired) electrons. The molecule has 1 aromatic carbocycles. The summed E-state index contributed by atoms with van der Waals surface area (Å²) in [5.74, 6) is 0.932. The number of carbonyl (C=O) groups excluding carboxylic acids is 1. The van der Waals surface area contributed by atoms with Crippen molar-refractivity contribution < 1.29 is 9.53 Å². The maximum absolute atomic E-state index is 11.9. The molecule has 0 unspecified atom stereocenters. The van der Waals surface area contributed by atoms with E-state index in [1.807, 2.05) is 52.1 Å². The summed E-state index contributed by atoms with van der Waals surface area (Å²) in [5.41, 5.74) is 1.11. The minimum Gasteiger partial charge on any atom is -0.497 e. The standard InChI is InChI=1S/C15H24N2O2/c1-11(2)17(4)15(18)10-16-12(3)13-7-6-8-14(9-13)19-5/h6-9,11-12,16H,10H2,1-5H3/t12-/m0/s1. The van der Waals surface area contributed by atoms with Crippen LogP contribution in [0.2, 0.25) is 0 Å². The first-order valence-electron chi connectivity index (χ1n) is 6.58. The molecular weight excluding hydrogens is 240 g/mol. The van der Waals surface area contributed by atoms with E-state index in [9.17, 15) is 4.79 Å². The van der Waals surface area contributed by atoms with Gasteiger partial charge in [0.1, 0.15) is 5.75 Å². The van der Waals surface area contributed by atoms with Gasteiger partial charge < -0.3 is 15.0 Å². The van der Waals surface area contributed by atoms with Crippen LogP contribution in [0.1, 0.15) is 32.4 Å². The number of methoxy groups -OCH3 is 1. The summed E-state index contributed by atoms with van der Waals surface area (Å²) in [6, 6.07) is 8.20. The fourth-order valence-electron chi connectivity index (χ4n) is 1.68. The Morgan fingerprint density at radius 3 is 2.63 bits per heavy atom. The number of likely N-dealkylation sites (N-methyl/N-ethyl adjacent to an activating group) is 1. The fourth-order valence-corrected chi connectivity index (χ4v) is 1.68. The third-order valence-electron chi connectivity index (χ3n) is 3.32. The molecule has 0 bridgehead atoms. The van der Waals surface area contributed by atoms with E-state index in [2.05, 4.69) is 5.32 Å². The molecule has 0 aliphatic rings. The Hall–Kier alpha value is -1.55. The summed E-state index contributed by atoms with van der Waals surface area (Å²) < 4.78 is 5.20. The number of hydrogen-bond acceptors (Lipinski definition) is 3. The van der Waals surface area contributed by atoms with Gasteiger partial charge in [-0.05, 0) is 38.5 Å². The lowest BCUT2D eigenvalue weighted by atomic mass is 10.1. The molecule has 0 heterocycles. The van der Waals surface area contributed by atoms with Crippen LogP contribution in [0.25, 0.3) is 0 Å². The molecule has 0 aliphatic carbocycles. The van der Waals surface area contributed by atoms with E-state index in [-0.39, 0.29) is 18.0 Å². The van der Waals surface area contributed by atoms with Crippen molar-refractivity contribution in [3.8, 4) is 5.75 Å². The molecule has 0 saturated heterocycles. The van der Waals surface area contributed by atoms with E-state index in [1.165, 1.54) is 0 Å². The van der Waals surface area contributed by atoms with Crippen molar-refractivity contribution in [1.29, 1.82) is 0 Å². The molecule has 1 N–H and O–H groups in total. The molecule has 0 aliphatic heterocycles. The molecule has 0 saturated carbocycles. The van der Waals surface area contributed by atoms with E-state index >= 15 is 0 Å². The van der Waals surface area contributed by atoms with Crippen molar-refractivity contribution in [3.05, 3.63) is 29.8 Å². The van der Waals surface area contributed by atoms with E-state index < -0.39 is 0 Å². The highest BCUT2D eigenvalue weighted by molar-refractivity contribution is 5.78. The van der Waals surface area contributed by atoms with E-state index in [0.29, 0.717) is 6.54 Å². The van der Waals surface area contributed by atoms with Gasteiger partial charge in [-0.3, -0.25) is 4.79 Å². The molecule has 19 heavy (non-hydrogen) atoms. The van der Waals surface area contributed by atoms with Crippen LogP contribution in [-0.4, -0.2) is 37.6 Å². The summed E-state index contributed by atoms with van der Waals surface area (Å²) in [6.07, 6.45) is 0. The SMILES string of the molecule is COc1cccc([C@H](C)NCC(=O)N(C)C(C)C)c1. The van der Waals surface area contributed by atoms with Gasteiger partial charge in [0.15, 0.2) is 0 Å². The van der Waals surface area contributed by atoms with Gasteiger partial charge in [-0.2, -0.15) is 0 Å². The number of nitrogens with one attached hydrogen (secondary N) is 1. The maximum atomic E-state index is 11.9. The molecule has 4 nitrogen and oxygen atoms in total. The van der Waals surface area contributed by atoms with Crippen molar-refractivity contribution in [3.63, 3.8) is 0 Å². The van der Waals surface area contributed by atoms with Crippen molar-refractivity contribution in [2.45, 2.75) is 32.9 Å². The molecule has 1 aromatic rings. The van der Waals surface area contributed by atoms with Gasteiger partial charge in [0, 0.05) is 19.1 Å². The minimum absolute atomic E-state index is 0.102. The van der Waals surface area contributed by atoms with Gasteiger partial charge >= 0.3 is 0 Å². The third-order valence-corrected chi connectivity index (χ3v) is 3.32.